The topological polar surface area (TPSA) is 110 Å². The van der Waals surface area contributed by atoms with E-state index in [-0.39, 0.29) is 16.7 Å². The lowest BCUT2D eigenvalue weighted by atomic mass is 9.97. The maximum Gasteiger partial charge on any atom is 0.243 e. The number of nitrogens with zero attached hydrogens (tertiary/aromatic N) is 5. The molecule has 1 saturated heterocycles. The Labute approximate surface area is 187 Å². The van der Waals surface area contributed by atoms with Gasteiger partial charge in [-0.15, -0.1) is 5.10 Å². The number of piperidine rings is 1. The van der Waals surface area contributed by atoms with Gasteiger partial charge in [0, 0.05) is 24.7 Å². The molecule has 1 fully saturated rings. The summed E-state index contributed by atoms with van der Waals surface area (Å²) < 4.78 is 28.9. The van der Waals surface area contributed by atoms with Crippen molar-refractivity contribution in [1.82, 2.24) is 24.5 Å². The van der Waals surface area contributed by atoms with Gasteiger partial charge in [0.25, 0.3) is 0 Å². The molecular formula is C22H26N6O3S. The lowest BCUT2D eigenvalue weighted by molar-refractivity contribution is -0.120. The molecule has 4 rings (SSSR count). The molecule has 0 unspecified atom stereocenters. The van der Waals surface area contributed by atoms with Crippen molar-refractivity contribution in [3.63, 3.8) is 0 Å². The lowest BCUT2D eigenvalue weighted by Gasteiger charge is -2.30. The molecule has 9 nitrogen and oxygen atoms in total. The first-order valence-corrected chi connectivity index (χ1v) is 11.9. The number of tetrazole rings is 1. The van der Waals surface area contributed by atoms with Crippen LogP contribution in [0.1, 0.15) is 29.8 Å². The van der Waals surface area contributed by atoms with Crippen molar-refractivity contribution in [2.24, 2.45) is 5.92 Å². The van der Waals surface area contributed by atoms with Crippen LogP contribution < -0.4 is 5.32 Å². The highest BCUT2D eigenvalue weighted by atomic mass is 32.2. The Morgan fingerprint density at radius 3 is 2.34 bits per heavy atom. The minimum Gasteiger partial charge on any atom is -0.326 e. The number of carbonyl (C=O) groups is 1. The molecule has 32 heavy (non-hydrogen) atoms. The summed E-state index contributed by atoms with van der Waals surface area (Å²) >= 11 is 0. The molecule has 3 aromatic rings. The van der Waals surface area contributed by atoms with Gasteiger partial charge in [0.1, 0.15) is 0 Å². The standard InChI is InChI=1S/C22H26N6O3S/c1-15-4-8-20(9-5-15)32(30,31)27-12-10-18(11-13-27)22(29)23-19-7-6-16(2)21(14-19)28-17(3)24-25-26-28/h4-9,14,18H,10-13H2,1-3H3,(H,23,29). The number of carbonyl (C=O) groups excluding carboxylic acids is 1. The van der Waals surface area contributed by atoms with E-state index in [0.29, 0.717) is 37.4 Å². The Bertz CT molecular complexity index is 1230. The number of aromatic nitrogens is 4. The van der Waals surface area contributed by atoms with Crippen LogP contribution in [0.4, 0.5) is 5.69 Å². The van der Waals surface area contributed by atoms with Crippen molar-refractivity contribution in [2.45, 2.75) is 38.5 Å². The van der Waals surface area contributed by atoms with Gasteiger partial charge in [-0.05, 0) is 73.9 Å². The van der Waals surface area contributed by atoms with E-state index < -0.39 is 10.0 Å². The van der Waals surface area contributed by atoms with Gasteiger partial charge in [-0.3, -0.25) is 4.79 Å². The second kappa shape index (κ2) is 8.79. The number of hydrogen-bond acceptors (Lipinski definition) is 6. The second-order valence-corrected chi connectivity index (χ2v) is 10.1. The zero-order chi connectivity index (χ0) is 22.9. The SMILES string of the molecule is Cc1ccc(S(=O)(=O)N2CCC(C(=O)Nc3ccc(C)c(-n4nnnc4C)c3)CC2)cc1. The van der Waals surface area contributed by atoms with Crippen molar-refractivity contribution in [1.29, 1.82) is 0 Å². The summed E-state index contributed by atoms with van der Waals surface area (Å²) in [6, 6.07) is 12.4. The summed E-state index contributed by atoms with van der Waals surface area (Å²) in [4.78, 5) is 13.1. The van der Waals surface area contributed by atoms with Crippen molar-refractivity contribution < 1.29 is 13.2 Å². The molecule has 1 aromatic heterocycles. The highest BCUT2D eigenvalue weighted by molar-refractivity contribution is 7.89. The van der Waals surface area contributed by atoms with Crippen LogP contribution in [0.5, 0.6) is 0 Å². The maximum atomic E-state index is 12.9. The molecular weight excluding hydrogens is 428 g/mol. The highest BCUT2D eigenvalue weighted by Gasteiger charge is 2.32. The zero-order valence-corrected chi connectivity index (χ0v) is 19.1. The van der Waals surface area contributed by atoms with Crippen LogP contribution in [0.25, 0.3) is 5.69 Å². The molecule has 0 radical (unpaired) electrons. The lowest BCUT2D eigenvalue weighted by Crippen LogP contribution is -2.41. The third-order valence-corrected chi connectivity index (χ3v) is 7.73. The van der Waals surface area contributed by atoms with E-state index in [9.17, 15) is 13.2 Å². The summed E-state index contributed by atoms with van der Waals surface area (Å²) in [6.45, 7) is 6.31. The Hall–Kier alpha value is -3.11. The largest absolute Gasteiger partial charge is 0.326 e. The fourth-order valence-corrected chi connectivity index (χ4v) is 5.30. The average molecular weight is 455 g/mol. The predicted molar refractivity (Wildman–Crippen MR) is 120 cm³/mol. The molecule has 2 aromatic carbocycles. The summed E-state index contributed by atoms with van der Waals surface area (Å²) in [5.41, 5.74) is 3.44. The van der Waals surface area contributed by atoms with Crippen LogP contribution in [0, 0.1) is 26.7 Å². The zero-order valence-electron chi connectivity index (χ0n) is 18.3. The van der Waals surface area contributed by atoms with Crippen LogP contribution in [0.2, 0.25) is 0 Å². The highest BCUT2D eigenvalue weighted by Crippen LogP contribution is 2.26. The number of aryl methyl sites for hydroxylation is 3. The minimum atomic E-state index is -3.55. The molecule has 0 bridgehead atoms. The summed E-state index contributed by atoms with van der Waals surface area (Å²) in [5, 5.41) is 14.6. The molecule has 1 amide bonds. The first-order valence-electron chi connectivity index (χ1n) is 10.5. The van der Waals surface area contributed by atoms with Crippen LogP contribution in [-0.4, -0.2) is 51.9 Å². The first-order chi connectivity index (χ1) is 15.3. The van der Waals surface area contributed by atoms with Gasteiger partial charge in [0.05, 0.1) is 10.6 Å². The second-order valence-electron chi connectivity index (χ2n) is 8.12. The van der Waals surface area contributed by atoms with Crippen molar-refractivity contribution in [3.8, 4) is 5.69 Å². The summed E-state index contributed by atoms with van der Waals surface area (Å²) in [5.74, 6) is 0.290. The number of amides is 1. The van der Waals surface area contributed by atoms with Crippen molar-refractivity contribution in [3.05, 3.63) is 59.4 Å². The van der Waals surface area contributed by atoms with Crippen molar-refractivity contribution in [2.75, 3.05) is 18.4 Å². The van der Waals surface area contributed by atoms with E-state index in [2.05, 4.69) is 20.8 Å². The Kier molecular flexibility index (Phi) is 6.07. The maximum absolute atomic E-state index is 12.9. The van der Waals surface area contributed by atoms with Crippen molar-refractivity contribution >= 4 is 21.6 Å². The molecule has 2 heterocycles. The number of rotatable bonds is 5. The quantitative estimate of drug-likeness (QED) is 0.635. The van der Waals surface area contributed by atoms with Crippen LogP contribution in [0.3, 0.4) is 0 Å². The van der Waals surface area contributed by atoms with Crippen LogP contribution in [-0.2, 0) is 14.8 Å². The van der Waals surface area contributed by atoms with Gasteiger partial charge in [0.15, 0.2) is 5.82 Å². The molecule has 1 N–H and O–H groups in total. The Morgan fingerprint density at radius 1 is 1.03 bits per heavy atom. The van der Waals surface area contributed by atoms with Gasteiger partial charge in [0.2, 0.25) is 15.9 Å². The van der Waals surface area contributed by atoms with Gasteiger partial charge >= 0.3 is 0 Å². The number of hydrogen-bond donors (Lipinski definition) is 1. The molecule has 1 aliphatic rings. The average Bonchev–Trinajstić information content (AvgIpc) is 3.21. The predicted octanol–water partition coefficient (Wildman–Crippen LogP) is 2.63. The third kappa shape index (κ3) is 4.42. The molecule has 0 atom stereocenters. The number of sulfonamides is 1. The molecule has 10 heteroatoms. The number of nitrogens with one attached hydrogen (secondary N) is 1. The van der Waals surface area contributed by atoms with Crippen LogP contribution in [0.15, 0.2) is 47.4 Å². The van der Waals surface area contributed by atoms with E-state index in [1.54, 1.807) is 28.9 Å². The fraction of sp³-hybridized carbons (Fsp3) is 0.364. The monoisotopic (exact) mass is 454 g/mol. The number of benzene rings is 2. The molecule has 1 aliphatic heterocycles. The van der Waals surface area contributed by atoms with Crippen LogP contribution >= 0.6 is 0 Å². The van der Waals surface area contributed by atoms with E-state index >= 15 is 0 Å². The van der Waals surface area contributed by atoms with Gasteiger partial charge in [-0.2, -0.15) is 8.99 Å². The molecule has 0 spiro atoms. The Morgan fingerprint density at radius 2 is 1.72 bits per heavy atom. The van der Waals surface area contributed by atoms with E-state index in [1.807, 2.05) is 39.0 Å². The minimum absolute atomic E-state index is 0.111. The Balaban J connectivity index is 1.41. The molecule has 0 saturated carbocycles. The molecule has 168 valence electrons. The van der Waals surface area contributed by atoms with Gasteiger partial charge in [-0.25, -0.2) is 8.42 Å². The normalized spacial score (nSPS) is 15.6. The summed E-state index contributed by atoms with van der Waals surface area (Å²) in [6.07, 6.45) is 0.948. The fourth-order valence-electron chi connectivity index (χ4n) is 3.83. The molecule has 0 aliphatic carbocycles. The first kappa shape index (κ1) is 22.1. The number of anilines is 1. The van der Waals surface area contributed by atoms with Gasteiger partial charge < -0.3 is 5.32 Å². The van der Waals surface area contributed by atoms with E-state index in [1.165, 1.54) is 4.31 Å². The van der Waals surface area contributed by atoms with E-state index in [4.69, 9.17) is 0 Å². The van der Waals surface area contributed by atoms with Gasteiger partial charge in [-0.1, -0.05) is 23.8 Å². The smallest absolute Gasteiger partial charge is 0.243 e. The third-order valence-electron chi connectivity index (χ3n) is 5.81. The van der Waals surface area contributed by atoms with E-state index in [0.717, 1.165) is 16.8 Å². The summed E-state index contributed by atoms with van der Waals surface area (Å²) in [7, 11) is -3.55.